The number of benzene rings is 3. The van der Waals surface area contributed by atoms with E-state index in [1.54, 1.807) is 51.0 Å². The lowest BCUT2D eigenvalue weighted by atomic mass is 10.1. The highest BCUT2D eigenvalue weighted by atomic mass is 35.5. The van der Waals surface area contributed by atoms with Crippen LogP contribution in [0, 0.1) is 0 Å². The minimum atomic E-state index is 0.0315. The lowest BCUT2D eigenvalue weighted by Crippen LogP contribution is -2.08. The van der Waals surface area contributed by atoms with Crippen LogP contribution in [0.1, 0.15) is 37.1 Å². The third-order valence-corrected chi connectivity index (χ3v) is 6.81. The second kappa shape index (κ2) is 15.4. The fourth-order valence-corrected chi connectivity index (χ4v) is 4.40. The number of aromatic hydroxyl groups is 1. The van der Waals surface area contributed by atoms with Gasteiger partial charge in [-0.2, -0.15) is 0 Å². The van der Waals surface area contributed by atoms with Crippen molar-refractivity contribution in [2.45, 2.75) is 25.9 Å². The molecule has 0 unspecified atom stereocenters. The van der Waals surface area contributed by atoms with Crippen LogP contribution in [0.3, 0.4) is 0 Å². The number of anilines is 2. The van der Waals surface area contributed by atoms with E-state index in [2.05, 4.69) is 30.6 Å². The lowest BCUT2D eigenvalue weighted by molar-refractivity contribution is 0.373. The monoisotopic (exact) mass is 614 g/mol. The molecule has 0 aliphatic carbocycles. The van der Waals surface area contributed by atoms with Gasteiger partial charge in [0.25, 0.3) is 0 Å². The molecule has 2 atom stereocenters. The molecule has 5 aromatic rings. The summed E-state index contributed by atoms with van der Waals surface area (Å²) in [6.07, 6.45) is 6.50. The highest BCUT2D eigenvalue weighted by Gasteiger charge is 2.11. The summed E-state index contributed by atoms with van der Waals surface area (Å²) in [4.78, 5) is 17.0. The third-order valence-electron chi connectivity index (χ3n) is 6.63. The van der Waals surface area contributed by atoms with E-state index in [1.165, 1.54) is 13.3 Å². The smallest absolute Gasteiger partial charge is 0.161 e. The fourth-order valence-electron chi connectivity index (χ4n) is 4.26. The van der Waals surface area contributed by atoms with Crippen molar-refractivity contribution in [3.8, 4) is 34.3 Å². The minimum absolute atomic E-state index is 0.0315. The summed E-state index contributed by atoms with van der Waals surface area (Å²) >= 11 is 5.79. The Hall–Kier alpha value is -5.09. The van der Waals surface area contributed by atoms with Gasteiger partial charge in [0.15, 0.2) is 11.5 Å². The van der Waals surface area contributed by atoms with Crippen LogP contribution in [-0.4, -0.2) is 46.4 Å². The summed E-state index contributed by atoms with van der Waals surface area (Å²) in [7, 11) is 4.82. The van der Waals surface area contributed by atoms with Gasteiger partial charge in [-0.15, -0.1) is 0 Å². The third kappa shape index (κ3) is 8.71. The summed E-state index contributed by atoms with van der Waals surface area (Å²) in [5.74, 6) is 3.44. The lowest BCUT2D eigenvalue weighted by Gasteiger charge is -2.16. The second-order valence-corrected chi connectivity index (χ2v) is 10.1. The number of nitrogens with zero attached hydrogens (tertiary/aromatic N) is 4. The first kappa shape index (κ1) is 31.8. The summed E-state index contributed by atoms with van der Waals surface area (Å²) in [6, 6.07) is 21.0. The van der Waals surface area contributed by atoms with E-state index in [1.807, 2.05) is 62.4 Å². The molecule has 3 aromatic carbocycles. The van der Waals surface area contributed by atoms with Gasteiger partial charge in [0.1, 0.15) is 28.3 Å². The number of phenolic OH excluding ortho intramolecular Hbond substituents is 1. The van der Waals surface area contributed by atoms with Gasteiger partial charge >= 0.3 is 0 Å². The molecule has 5 rings (SSSR count). The van der Waals surface area contributed by atoms with Gasteiger partial charge in [-0.1, -0.05) is 35.9 Å². The van der Waals surface area contributed by atoms with Crippen LogP contribution in [0.5, 0.6) is 23.0 Å². The molecule has 0 saturated carbocycles. The Morgan fingerprint density at radius 1 is 0.682 bits per heavy atom. The molecule has 228 valence electrons. The van der Waals surface area contributed by atoms with Crippen molar-refractivity contribution in [3.63, 3.8) is 0 Å². The summed E-state index contributed by atoms with van der Waals surface area (Å²) < 4.78 is 15.6. The first-order chi connectivity index (χ1) is 21.3. The summed E-state index contributed by atoms with van der Waals surface area (Å²) in [5.41, 5.74) is 3.69. The highest BCUT2D eigenvalue weighted by Crippen LogP contribution is 2.31. The zero-order chi connectivity index (χ0) is 31.5. The van der Waals surface area contributed by atoms with E-state index in [0.717, 1.165) is 28.2 Å². The average Bonchev–Trinajstić information content (AvgIpc) is 3.05. The number of halogens is 1. The molecule has 0 bridgehead atoms. The van der Waals surface area contributed by atoms with Gasteiger partial charge in [-0.25, -0.2) is 9.97 Å². The topological polar surface area (TPSA) is 124 Å². The maximum absolute atomic E-state index is 9.74. The van der Waals surface area contributed by atoms with E-state index in [9.17, 15) is 5.11 Å². The molecule has 0 spiro atoms. The molecular formula is C33H35ClN6O4. The zero-order valence-corrected chi connectivity index (χ0v) is 25.9. The van der Waals surface area contributed by atoms with E-state index in [0.29, 0.717) is 28.2 Å². The maximum Gasteiger partial charge on any atom is 0.161 e. The Kier molecular flexibility index (Phi) is 11.1. The molecule has 10 nitrogen and oxygen atoms in total. The van der Waals surface area contributed by atoms with Crippen molar-refractivity contribution in [2.75, 3.05) is 32.0 Å². The number of hydrogen-bond donors (Lipinski definition) is 3. The molecule has 2 heterocycles. The van der Waals surface area contributed by atoms with E-state index in [-0.39, 0.29) is 17.8 Å². The molecule has 44 heavy (non-hydrogen) atoms. The Labute approximate surface area is 262 Å². The minimum Gasteiger partial charge on any atom is -0.504 e. The van der Waals surface area contributed by atoms with E-state index < -0.39 is 0 Å². The van der Waals surface area contributed by atoms with Gasteiger partial charge in [-0.05, 0) is 67.4 Å². The molecule has 11 heteroatoms. The molecule has 0 aliphatic rings. The Bertz CT molecular complexity index is 1670. The quantitative estimate of drug-likeness (QED) is 0.147. The number of ether oxygens (including phenoxy) is 3. The van der Waals surface area contributed by atoms with Crippen molar-refractivity contribution >= 4 is 23.2 Å². The van der Waals surface area contributed by atoms with Crippen molar-refractivity contribution in [1.29, 1.82) is 0 Å². The van der Waals surface area contributed by atoms with Crippen molar-refractivity contribution in [2.24, 2.45) is 0 Å². The first-order valence-corrected chi connectivity index (χ1v) is 14.1. The number of methoxy groups -OCH3 is 3. The largest absolute Gasteiger partial charge is 0.504 e. The van der Waals surface area contributed by atoms with Crippen LogP contribution in [0.2, 0.25) is 5.15 Å². The number of aromatic nitrogens is 4. The van der Waals surface area contributed by atoms with Gasteiger partial charge in [0, 0.05) is 5.56 Å². The molecule has 3 N–H and O–H groups in total. The Morgan fingerprint density at radius 3 is 1.80 bits per heavy atom. The molecule has 0 radical (unpaired) electrons. The zero-order valence-electron chi connectivity index (χ0n) is 25.2. The molecule has 0 amide bonds. The number of hydrogen-bond acceptors (Lipinski definition) is 10. The standard InChI is InChI=1S/C20H21N3O3.C13H14ClN3O/c1-13(14-5-4-6-16(9-14)25-2)22-20-12-21-11-17(23-20)15-7-8-18(24)19(10-15)26-3;1-9(10-4-3-5-11(6-10)18-2)16-13-8-15-7-12(14)17-13/h4-13,24H,1-3H3,(H,22,23);3-9H,1-2H3,(H,16,17)/t13-;9-/m11/s1. The van der Waals surface area contributed by atoms with Crippen LogP contribution in [0.15, 0.2) is 91.5 Å². The fraction of sp³-hybridized carbons (Fsp3) is 0.212. The molecule has 0 fully saturated rings. The van der Waals surface area contributed by atoms with Crippen LogP contribution < -0.4 is 24.8 Å². The summed E-state index contributed by atoms with van der Waals surface area (Å²) in [5, 5.41) is 16.7. The van der Waals surface area contributed by atoms with Crippen LogP contribution >= 0.6 is 11.6 Å². The summed E-state index contributed by atoms with van der Waals surface area (Å²) in [6.45, 7) is 4.09. The van der Waals surface area contributed by atoms with Crippen LogP contribution in [0.25, 0.3) is 11.3 Å². The Balaban J connectivity index is 0.000000215. The second-order valence-electron chi connectivity index (χ2n) is 9.69. The van der Waals surface area contributed by atoms with Crippen molar-refractivity contribution < 1.29 is 19.3 Å². The van der Waals surface area contributed by atoms with Gasteiger partial charge in [-0.3, -0.25) is 9.97 Å². The molecule has 0 aliphatic heterocycles. The average molecular weight is 615 g/mol. The first-order valence-electron chi connectivity index (χ1n) is 13.8. The van der Waals surface area contributed by atoms with Crippen molar-refractivity contribution in [1.82, 2.24) is 19.9 Å². The predicted octanol–water partition coefficient (Wildman–Crippen LogP) is 7.35. The predicted molar refractivity (Wildman–Crippen MR) is 173 cm³/mol. The van der Waals surface area contributed by atoms with Gasteiger partial charge in [0.05, 0.1) is 63.9 Å². The Morgan fingerprint density at radius 2 is 1.25 bits per heavy atom. The maximum atomic E-state index is 9.74. The number of nitrogens with one attached hydrogen (secondary N) is 2. The molecule has 2 aromatic heterocycles. The van der Waals surface area contributed by atoms with Crippen LogP contribution in [0.4, 0.5) is 11.6 Å². The van der Waals surface area contributed by atoms with Gasteiger partial charge < -0.3 is 30.0 Å². The highest BCUT2D eigenvalue weighted by molar-refractivity contribution is 6.29. The SMILES string of the molecule is COc1cccc([C@@H](C)Nc2cncc(-c3ccc(O)c(OC)c3)n2)c1.COc1cccc([C@@H](C)Nc2cncc(Cl)n2)c1. The van der Waals surface area contributed by atoms with E-state index in [4.69, 9.17) is 25.8 Å². The van der Waals surface area contributed by atoms with E-state index >= 15 is 0 Å². The normalized spacial score (nSPS) is 11.8. The van der Waals surface area contributed by atoms with Crippen molar-refractivity contribution in [3.05, 3.63) is 108 Å². The number of phenols is 1. The molecular weight excluding hydrogens is 580 g/mol. The number of rotatable bonds is 10. The molecule has 0 saturated heterocycles. The van der Waals surface area contributed by atoms with Gasteiger partial charge in [0.2, 0.25) is 0 Å². The van der Waals surface area contributed by atoms with Crippen LogP contribution in [-0.2, 0) is 0 Å².